The van der Waals surface area contributed by atoms with Gasteiger partial charge in [0.05, 0.1) is 21.0 Å². The molecule has 0 radical (unpaired) electrons. The van der Waals surface area contributed by atoms with Crippen molar-refractivity contribution in [1.82, 2.24) is 10.3 Å². The number of nitrogens with one attached hydrogen (secondary N) is 1. The summed E-state index contributed by atoms with van der Waals surface area (Å²) in [5, 5.41) is 18.4. The van der Waals surface area contributed by atoms with Gasteiger partial charge in [-0.25, -0.2) is 0 Å². The van der Waals surface area contributed by atoms with E-state index in [1.165, 1.54) is 12.1 Å². The quantitative estimate of drug-likeness (QED) is 0.451. The maximum absolute atomic E-state index is 10.8. The Morgan fingerprint density at radius 3 is 2.79 bits per heavy atom. The molecule has 0 aliphatic heterocycles. The summed E-state index contributed by atoms with van der Waals surface area (Å²) in [5.41, 5.74) is 2.23. The first kappa shape index (κ1) is 19.9. The van der Waals surface area contributed by atoms with Gasteiger partial charge in [-0.3, -0.25) is 15.1 Å². The number of rotatable bonds is 6. The van der Waals surface area contributed by atoms with E-state index in [1.807, 2.05) is 25.4 Å². The van der Waals surface area contributed by atoms with Crippen molar-refractivity contribution in [2.24, 2.45) is 5.16 Å². The zero-order chi connectivity index (χ0) is 20.0. The SMILES string of the molecule is CNC(=S)C1(c2cccnc2)CCCC/C1=N/OCc1ccc([N+](=O)[O-])cc1. The number of nitro benzene ring substituents is 1. The minimum Gasteiger partial charge on any atom is -0.391 e. The van der Waals surface area contributed by atoms with Gasteiger partial charge in [0.2, 0.25) is 0 Å². The van der Waals surface area contributed by atoms with Crippen molar-refractivity contribution in [1.29, 1.82) is 0 Å². The second-order valence-electron chi connectivity index (χ2n) is 6.67. The Balaban J connectivity index is 1.84. The van der Waals surface area contributed by atoms with Crippen LogP contribution in [0.3, 0.4) is 0 Å². The van der Waals surface area contributed by atoms with Gasteiger partial charge in [-0.1, -0.05) is 29.9 Å². The zero-order valence-electron chi connectivity index (χ0n) is 15.6. The normalized spacial score (nSPS) is 20.5. The summed E-state index contributed by atoms with van der Waals surface area (Å²) in [6.45, 7) is 0.233. The van der Waals surface area contributed by atoms with Gasteiger partial charge >= 0.3 is 0 Å². The van der Waals surface area contributed by atoms with Gasteiger partial charge in [-0.15, -0.1) is 0 Å². The topological polar surface area (TPSA) is 89.7 Å². The molecule has 1 unspecified atom stereocenters. The zero-order valence-corrected chi connectivity index (χ0v) is 16.4. The van der Waals surface area contributed by atoms with Crippen LogP contribution in [-0.2, 0) is 16.9 Å². The fraction of sp³-hybridized carbons (Fsp3) is 0.350. The second kappa shape index (κ2) is 8.88. The van der Waals surface area contributed by atoms with Gasteiger partial charge in [0.1, 0.15) is 6.61 Å². The Kier molecular flexibility index (Phi) is 6.30. The second-order valence-corrected chi connectivity index (χ2v) is 7.08. The van der Waals surface area contributed by atoms with E-state index < -0.39 is 10.3 Å². The summed E-state index contributed by atoms with van der Waals surface area (Å²) in [4.78, 5) is 21.0. The molecule has 1 saturated carbocycles. The number of benzene rings is 1. The first-order valence-electron chi connectivity index (χ1n) is 9.13. The number of oxime groups is 1. The van der Waals surface area contributed by atoms with Crippen LogP contribution in [0.1, 0.15) is 36.8 Å². The smallest absolute Gasteiger partial charge is 0.269 e. The molecule has 1 fully saturated rings. The molecule has 0 spiro atoms. The van der Waals surface area contributed by atoms with Crippen LogP contribution >= 0.6 is 12.2 Å². The molecule has 1 aliphatic rings. The molecule has 2 aromatic rings. The summed E-state index contributed by atoms with van der Waals surface area (Å²) in [6.07, 6.45) is 7.27. The molecule has 0 bridgehead atoms. The highest BCUT2D eigenvalue weighted by Crippen LogP contribution is 2.38. The Morgan fingerprint density at radius 1 is 1.36 bits per heavy atom. The summed E-state index contributed by atoms with van der Waals surface area (Å²) in [6, 6.07) is 10.2. The third kappa shape index (κ3) is 4.01. The average Bonchev–Trinajstić information content (AvgIpc) is 2.74. The molecule has 1 atom stereocenters. The highest BCUT2D eigenvalue weighted by Gasteiger charge is 2.44. The summed E-state index contributed by atoms with van der Waals surface area (Å²) >= 11 is 5.69. The van der Waals surface area contributed by atoms with Crippen LogP contribution in [0.5, 0.6) is 0 Å². The lowest BCUT2D eigenvalue weighted by atomic mass is 9.68. The molecular weight excluding hydrogens is 376 g/mol. The van der Waals surface area contributed by atoms with Crippen LogP contribution in [0, 0.1) is 10.1 Å². The molecule has 0 saturated heterocycles. The van der Waals surface area contributed by atoms with Crippen LogP contribution in [0.15, 0.2) is 53.9 Å². The minimum atomic E-state index is -0.522. The summed E-state index contributed by atoms with van der Waals surface area (Å²) < 4.78 is 0. The molecule has 7 nitrogen and oxygen atoms in total. The number of hydrogen-bond donors (Lipinski definition) is 1. The van der Waals surface area contributed by atoms with Gasteiger partial charge in [0, 0.05) is 31.6 Å². The standard InChI is InChI=1S/C20H22N4O3S/c1-21-19(28)20(16-5-4-12-22-13-16)11-3-2-6-18(20)23-27-14-15-7-9-17(10-8-15)24(25)26/h4-5,7-10,12-13H,2-3,6,11,14H2,1H3,(H,21,28)/b23-18-. The van der Waals surface area contributed by atoms with Gasteiger partial charge in [0.25, 0.3) is 5.69 Å². The third-order valence-corrected chi connectivity index (χ3v) is 5.58. The molecule has 1 heterocycles. The molecule has 1 aromatic heterocycles. The van der Waals surface area contributed by atoms with E-state index in [0.29, 0.717) is 4.99 Å². The number of hydrogen-bond acceptors (Lipinski definition) is 6. The monoisotopic (exact) mass is 398 g/mol. The van der Waals surface area contributed by atoms with E-state index in [4.69, 9.17) is 17.1 Å². The van der Waals surface area contributed by atoms with Crippen molar-refractivity contribution < 1.29 is 9.76 Å². The van der Waals surface area contributed by atoms with Crippen LogP contribution in [-0.4, -0.2) is 27.7 Å². The maximum Gasteiger partial charge on any atom is 0.269 e. The fourth-order valence-electron chi connectivity index (χ4n) is 3.58. The van der Waals surface area contributed by atoms with Gasteiger partial charge in [-0.2, -0.15) is 0 Å². The van der Waals surface area contributed by atoms with Gasteiger partial charge in [0.15, 0.2) is 0 Å². The lowest BCUT2D eigenvalue weighted by Gasteiger charge is -2.38. The highest BCUT2D eigenvalue weighted by atomic mass is 32.1. The molecule has 8 heteroatoms. The van der Waals surface area contributed by atoms with Crippen molar-refractivity contribution in [3.05, 3.63) is 70.0 Å². The van der Waals surface area contributed by atoms with Crippen molar-refractivity contribution in [2.45, 2.75) is 37.7 Å². The molecule has 1 aromatic carbocycles. The lowest BCUT2D eigenvalue weighted by molar-refractivity contribution is -0.384. The first-order chi connectivity index (χ1) is 13.6. The predicted octanol–water partition coefficient (Wildman–Crippen LogP) is 3.92. The van der Waals surface area contributed by atoms with E-state index >= 15 is 0 Å². The van der Waals surface area contributed by atoms with E-state index in [1.54, 1.807) is 18.3 Å². The van der Waals surface area contributed by atoms with E-state index in [0.717, 1.165) is 42.5 Å². The lowest BCUT2D eigenvalue weighted by Crippen LogP contribution is -2.50. The molecule has 28 heavy (non-hydrogen) atoms. The van der Waals surface area contributed by atoms with E-state index in [2.05, 4.69) is 15.5 Å². The number of nitro groups is 1. The largest absolute Gasteiger partial charge is 0.391 e. The number of aromatic nitrogens is 1. The molecule has 1 aliphatic carbocycles. The molecule has 0 amide bonds. The van der Waals surface area contributed by atoms with E-state index in [-0.39, 0.29) is 12.3 Å². The maximum atomic E-state index is 10.8. The highest BCUT2D eigenvalue weighted by molar-refractivity contribution is 7.80. The summed E-state index contributed by atoms with van der Waals surface area (Å²) in [5.74, 6) is 0. The number of thiocarbonyl (C=S) groups is 1. The Labute approximate surface area is 169 Å². The Bertz CT molecular complexity index is 871. The van der Waals surface area contributed by atoms with Crippen LogP contribution in [0.4, 0.5) is 5.69 Å². The Morgan fingerprint density at radius 2 is 2.14 bits per heavy atom. The van der Waals surface area contributed by atoms with Gasteiger partial charge in [-0.05, 0) is 48.6 Å². The molecule has 3 rings (SSSR count). The fourth-order valence-corrected chi connectivity index (χ4v) is 3.92. The minimum absolute atomic E-state index is 0.0531. The van der Waals surface area contributed by atoms with Crippen molar-refractivity contribution in [3.63, 3.8) is 0 Å². The van der Waals surface area contributed by atoms with Crippen molar-refractivity contribution in [3.8, 4) is 0 Å². The third-order valence-electron chi connectivity index (χ3n) is 5.03. The predicted molar refractivity (Wildman–Crippen MR) is 111 cm³/mol. The molecular formula is C20H22N4O3S. The van der Waals surface area contributed by atoms with Crippen LogP contribution in [0.25, 0.3) is 0 Å². The number of pyridine rings is 1. The van der Waals surface area contributed by atoms with Gasteiger partial charge < -0.3 is 10.2 Å². The Hall–Kier alpha value is -2.87. The van der Waals surface area contributed by atoms with Crippen LogP contribution in [0.2, 0.25) is 0 Å². The number of nitrogens with zero attached hydrogens (tertiary/aromatic N) is 3. The number of non-ortho nitro benzene ring substituents is 1. The average molecular weight is 398 g/mol. The first-order valence-corrected chi connectivity index (χ1v) is 9.54. The molecule has 146 valence electrons. The summed E-state index contributed by atoms with van der Waals surface area (Å²) in [7, 11) is 1.82. The van der Waals surface area contributed by atoms with Crippen molar-refractivity contribution in [2.75, 3.05) is 7.05 Å². The van der Waals surface area contributed by atoms with E-state index in [9.17, 15) is 10.1 Å². The van der Waals surface area contributed by atoms with Crippen molar-refractivity contribution >= 4 is 28.6 Å². The number of likely N-dealkylation sites (N-methyl/N-ethyl adjacent to an activating group) is 1. The van der Waals surface area contributed by atoms with Crippen LogP contribution < -0.4 is 5.32 Å². The molecule has 1 N–H and O–H groups in total.